The van der Waals surface area contributed by atoms with Gasteiger partial charge >= 0.3 is 0 Å². The summed E-state index contributed by atoms with van der Waals surface area (Å²) in [6, 6.07) is 7.54. The fourth-order valence-corrected chi connectivity index (χ4v) is 3.06. The molecule has 1 aromatic carbocycles. The molecule has 0 spiro atoms. The lowest BCUT2D eigenvalue weighted by atomic mass is 9.93. The van der Waals surface area contributed by atoms with Crippen molar-refractivity contribution in [3.05, 3.63) is 29.8 Å². The standard InChI is InChI=1S/C12H16FNS/c13-12(6-1-7-15-9-12)8-10-2-4-11(14)5-3-10/h2-5H,1,6-9,14H2. The predicted molar refractivity (Wildman–Crippen MR) is 65.0 cm³/mol. The van der Waals surface area contributed by atoms with Crippen LogP contribution in [0.15, 0.2) is 24.3 Å². The van der Waals surface area contributed by atoms with Gasteiger partial charge in [0.25, 0.3) is 0 Å². The minimum Gasteiger partial charge on any atom is -0.399 e. The molecule has 2 rings (SSSR count). The molecule has 82 valence electrons. The van der Waals surface area contributed by atoms with Crippen molar-refractivity contribution in [3.8, 4) is 0 Å². The van der Waals surface area contributed by atoms with Crippen LogP contribution in [-0.4, -0.2) is 17.2 Å². The fraction of sp³-hybridized carbons (Fsp3) is 0.500. The van der Waals surface area contributed by atoms with E-state index < -0.39 is 5.67 Å². The van der Waals surface area contributed by atoms with Crippen molar-refractivity contribution in [2.45, 2.75) is 24.9 Å². The van der Waals surface area contributed by atoms with Crippen LogP contribution in [0.3, 0.4) is 0 Å². The largest absolute Gasteiger partial charge is 0.399 e. The van der Waals surface area contributed by atoms with E-state index in [1.165, 1.54) is 0 Å². The molecule has 0 saturated carbocycles. The second-order valence-corrected chi connectivity index (χ2v) is 5.33. The lowest BCUT2D eigenvalue weighted by molar-refractivity contribution is 0.176. The third kappa shape index (κ3) is 2.88. The van der Waals surface area contributed by atoms with Crippen molar-refractivity contribution in [2.24, 2.45) is 0 Å². The van der Waals surface area contributed by atoms with Crippen molar-refractivity contribution in [2.75, 3.05) is 17.2 Å². The van der Waals surface area contributed by atoms with Crippen molar-refractivity contribution in [1.29, 1.82) is 0 Å². The number of rotatable bonds is 2. The molecule has 1 aliphatic heterocycles. The van der Waals surface area contributed by atoms with E-state index >= 15 is 0 Å². The number of thioether (sulfide) groups is 1. The van der Waals surface area contributed by atoms with Crippen molar-refractivity contribution < 1.29 is 4.39 Å². The first-order chi connectivity index (χ1) is 7.18. The Labute approximate surface area is 94.2 Å². The lowest BCUT2D eigenvalue weighted by Gasteiger charge is -2.29. The summed E-state index contributed by atoms with van der Waals surface area (Å²) < 4.78 is 14.3. The Hall–Kier alpha value is -0.700. The molecule has 1 fully saturated rings. The minimum absolute atomic E-state index is 0.528. The van der Waals surface area contributed by atoms with E-state index in [-0.39, 0.29) is 0 Å². The van der Waals surface area contributed by atoms with Gasteiger partial charge < -0.3 is 5.73 Å². The molecule has 1 nitrogen and oxygen atoms in total. The molecule has 2 N–H and O–H groups in total. The monoisotopic (exact) mass is 225 g/mol. The minimum atomic E-state index is -1.00. The Morgan fingerprint density at radius 1 is 1.33 bits per heavy atom. The summed E-state index contributed by atoms with van der Waals surface area (Å²) in [5, 5.41) is 0. The number of hydrogen-bond donors (Lipinski definition) is 1. The zero-order valence-corrected chi connectivity index (χ0v) is 9.52. The highest BCUT2D eigenvalue weighted by atomic mass is 32.2. The summed E-state index contributed by atoms with van der Waals surface area (Å²) in [5.41, 5.74) is 6.38. The van der Waals surface area contributed by atoms with Gasteiger partial charge in [-0.1, -0.05) is 12.1 Å². The summed E-state index contributed by atoms with van der Waals surface area (Å²) in [4.78, 5) is 0. The lowest BCUT2D eigenvalue weighted by Crippen LogP contribution is -2.32. The predicted octanol–water partition coefficient (Wildman–Crippen LogP) is 3.05. The maximum Gasteiger partial charge on any atom is 0.124 e. The molecule has 1 saturated heterocycles. The number of alkyl halides is 1. The first-order valence-corrected chi connectivity index (χ1v) is 6.45. The van der Waals surface area contributed by atoms with Crippen LogP contribution in [0, 0.1) is 0 Å². The van der Waals surface area contributed by atoms with Gasteiger partial charge in [-0.2, -0.15) is 11.8 Å². The summed E-state index contributed by atoms with van der Waals surface area (Å²) in [7, 11) is 0. The number of halogens is 1. The first kappa shape index (κ1) is 10.8. The van der Waals surface area contributed by atoms with Gasteiger partial charge in [-0.05, 0) is 36.3 Å². The Morgan fingerprint density at radius 3 is 2.67 bits per heavy atom. The van der Waals surface area contributed by atoms with Crippen LogP contribution < -0.4 is 5.73 Å². The number of hydrogen-bond acceptors (Lipinski definition) is 2. The van der Waals surface area contributed by atoms with Gasteiger partial charge in [-0.15, -0.1) is 0 Å². The number of nitrogens with two attached hydrogens (primary N) is 1. The molecule has 0 bridgehead atoms. The van der Waals surface area contributed by atoms with Crippen LogP contribution in [0.2, 0.25) is 0 Å². The highest BCUT2D eigenvalue weighted by Gasteiger charge is 2.32. The summed E-state index contributed by atoms with van der Waals surface area (Å²) in [6.07, 6.45) is 2.22. The molecule has 15 heavy (non-hydrogen) atoms. The maximum absolute atomic E-state index is 14.3. The number of anilines is 1. The van der Waals surface area contributed by atoms with Gasteiger partial charge in [0.1, 0.15) is 5.67 Å². The average molecular weight is 225 g/mol. The van der Waals surface area contributed by atoms with Crippen LogP contribution in [0.5, 0.6) is 0 Å². The zero-order valence-electron chi connectivity index (χ0n) is 8.71. The van der Waals surface area contributed by atoms with Crippen molar-refractivity contribution in [1.82, 2.24) is 0 Å². The molecule has 0 aliphatic carbocycles. The molecule has 0 aromatic heterocycles. The molecular weight excluding hydrogens is 209 g/mol. The Bertz CT molecular complexity index is 317. The molecular formula is C12H16FNS. The normalized spacial score (nSPS) is 26.5. The van der Waals surface area contributed by atoms with Crippen LogP contribution in [0.25, 0.3) is 0 Å². The van der Waals surface area contributed by atoms with Crippen molar-refractivity contribution in [3.63, 3.8) is 0 Å². The van der Waals surface area contributed by atoms with Crippen molar-refractivity contribution >= 4 is 17.4 Å². The second kappa shape index (κ2) is 4.44. The zero-order chi connectivity index (χ0) is 10.7. The molecule has 1 atom stereocenters. The second-order valence-electron chi connectivity index (χ2n) is 4.23. The number of benzene rings is 1. The van der Waals surface area contributed by atoms with E-state index in [2.05, 4.69) is 0 Å². The molecule has 1 aliphatic rings. The van der Waals surface area contributed by atoms with Gasteiger partial charge in [0, 0.05) is 17.9 Å². The summed E-state index contributed by atoms with van der Waals surface area (Å²) in [6.45, 7) is 0. The van der Waals surface area contributed by atoms with Gasteiger partial charge in [-0.25, -0.2) is 4.39 Å². The van der Waals surface area contributed by atoms with E-state index in [0.29, 0.717) is 18.6 Å². The van der Waals surface area contributed by atoms with E-state index in [1.807, 2.05) is 24.3 Å². The highest BCUT2D eigenvalue weighted by molar-refractivity contribution is 7.99. The Balaban J connectivity index is 2.03. The van der Waals surface area contributed by atoms with Crippen LogP contribution in [-0.2, 0) is 6.42 Å². The Kier molecular flexibility index (Phi) is 3.19. The van der Waals surface area contributed by atoms with Gasteiger partial charge in [0.05, 0.1) is 0 Å². The van der Waals surface area contributed by atoms with E-state index in [4.69, 9.17) is 5.73 Å². The molecule has 3 heteroatoms. The third-order valence-corrected chi connectivity index (χ3v) is 4.07. The molecule has 1 aromatic rings. The molecule has 1 unspecified atom stereocenters. The Morgan fingerprint density at radius 2 is 2.07 bits per heavy atom. The fourth-order valence-electron chi connectivity index (χ4n) is 1.96. The first-order valence-electron chi connectivity index (χ1n) is 5.29. The molecule has 0 radical (unpaired) electrons. The maximum atomic E-state index is 14.3. The topological polar surface area (TPSA) is 26.0 Å². The van der Waals surface area contributed by atoms with Crippen LogP contribution >= 0.6 is 11.8 Å². The quantitative estimate of drug-likeness (QED) is 0.783. The van der Waals surface area contributed by atoms with Gasteiger partial charge in [-0.3, -0.25) is 0 Å². The highest BCUT2D eigenvalue weighted by Crippen LogP contribution is 2.33. The average Bonchev–Trinajstić information content (AvgIpc) is 2.22. The van der Waals surface area contributed by atoms with E-state index in [9.17, 15) is 4.39 Å². The third-order valence-electron chi connectivity index (χ3n) is 2.77. The SMILES string of the molecule is Nc1ccc(CC2(F)CCCSC2)cc1. The molecule has 0 amide bonds. The summed E-state index contributed by atoms with van der Waals surface area (Å²) in [5.74, 6) is 1.74. The number of nitrogen functional groups attached to an aromatic ring is 1. The smallest absolute Gasteiger partial charge is 0.124 e. The van der Waals surface area contributed by atoms with Crippen LogP contribution in [0.4, 0.5) is 10.1 Å². The van der Waals surface area contributed by atoms with Gasteiger partial charge in [0.15, 0.2) is 0 Å². The van der Waals surface area contributed by atoms with Gasteiger partial charge in [0.2, 0.25) is 0 Å². The molecule has 1 heterocycles. The van der Waals surface area contributed by atoms with E-state index in [0.717, 1.165) is 23.4 Å². The van der Waals surface area contributed by atoms with Crippen LogP contribution in [0.1, 0.15) is 18.4 Å². The summed E-state index contributed by atoms with van der Waals surface area (Å²) >= 11 is 1.72. The van der Waals surface area contributed by atoms with E-state index in [1.54, 1.807) is 11.8 Å².